The molecule has 8 nitrogen and oxygen atoms in total. The Balaban J connectivity index is 1.96. The zero-order chi connectivity index (χ0) is 17.5. The summed E-state index contributed by atoms with van der Waals surface area (Å²) < 4.78 is 12.1. The first-order valence-corrected chi connectivity index (χ1v) is 8.43. The van der Waals surface area contributed by atoms with Crippen LogP contribution in [0.3, 0.4) is 0 Å². The summed E-state index contributed by atoms with van der Waals surface area (Å²) in [4.78, 5) is 12.2. The lowest BCUT2D eigenvalue weighted by Crippen LogP contribution is -2.16. The van der Waals surface area contributed by atoms with Gasteiger partial charge >= 0.3 is 0 Å². The Morgan fingerprint density at radius 3 is 2.79 bits per heavy atom. The molecule has 9 heteroatoms. The number of hydrogen-bond donors (Lipinski definition) is 1. The maximum atomic E-state index is 12.2. The summed E-state index contributed by atoms with van der Waals surface area (Å²) in [6.07, 6.45) is 0. The third kappa shape index (κ3) is 4.85. The van der Waals surface area contributed by atoms with Gasteiger partial charge in [0.2, 0.25) is 11.1 Å². The molecule has 0 aliphatic heterocycles. The van der Waals surface area contributed by atoms with Gasteiger partial charge in [0.25, 0.3) is 0 Å². The maximum Gasteiger partial charge on any atom is 0.234 e. The van der Waals surface area contributed by atoms with E-state index in [1.165, 1.54) is 11.8 Å². The zero-order valence-electron chi connectivity index (χ0n) is 14.1. The number of benzene rings is 1. The predicted molar refractivity (Wildman–Crippen MR) is 91.6 cm³/mol. The highest BCUT2D eigenvalue weighted by Crippen LogP contribution is 2.29. The molecule has 0 fully saturated rings. The van der Waals surface area contributed by atoms with Gasteiger partial charge in [0.15, 0.2) is 0 Å². The van der Waals surface area contributed by atoms with E-state index in [4.69, 9.17) is 9.47 Å². The van der Waals surface area contributed by atoms with Gasteiger partial charge in [-0.25, -0.2) is 4.68 Å². The van der Waals surface area contributed by atoms with E-state index in [0.717, 1.165) is 0 Å². The second-order valence-corrected chi connectivity index (χ2v) is 6.38. The van der Waals surface area contributed by atoms with Crippen molar-refractivity contribution in [3.8, 4) is 11.5 Å². The largest absolute Gasteiger partial charge is 0.497 e. The lowest BCUT2D eigenvalue weighted by molar-refractivity contribution is -0.113. The fourth-order valence-electron chi connectivity index (χ4n) is 1.98. The average molecular weight is 351 g/mol. The molecule has 2 aromatic rings. The molecule has 24 heavy (non-hydrogen) atoms. The zero-order valence-corrected chi connectivity index (χ0v) is 15.0. The Labute approximate surface area is 144 Å². The van der Waals surface area contributed by atoms with Gasteiger partial charge in [0.05, 0.1) is 25.7 Å². The lowest BCUT2D eigenvalue weighted by Gasteiger charge is -2.11. The van der Waals surface area contributed by atoms with Crippen molar-refractivity contribution in [2.24, 2.45) is 5.92 Å². The third-order valence-corrected chi connectivity index (χ3v) is 4.01. The van der Waals surface area contributed by atoms with Gasteiger partial charge in [0.1, 0.15) is 11.5 Å². The van der Waals surface area contributed by atoms with Crippen molar-refractivity contribution in [3.63, 3.8) is 0 Å². The number of tetrazole rings is 1. The second kappa shape index (κ2) is 8.53. The number of ether oxygens (including phenoxy) is 2. The molecule has 0 spiro atoms. The first-order chi connectivity index (χ1) is 11.5. The highest BCUT2D eigenvalue weighted by atomic mass is 32.2. The number of carbonyl (C=O) groups is 1. The van der Waals surface area contributed by atoms with Gasteiger partial charge in [-0.15, -0.1) is 5.10 Å². The minimum absolute atomic E-state index is 0.164. The van der Waals surface area contributed by atoms with Crippen LogP contribution in [0.4, 0.5) is 5.69 Å². The molecule has 1 aromatic heterocycles. The molecule has 0 aliphatic carbocycles. The van der Waals surface area contributed by atoms with E-state index in [2.05, 4.69) is 34.7 Å². The molecule has 2 rings (SSSR count). The van der Waals surface area contributed by atoms with Crippen molar-refractivity contribution < 1.29 is 14.3 Å². The lowest BCUT2D eigenvalue weighted by atomic mass is 10.2. The normalized spacial score (nSPS) is 10.7. The molecular formula is C15H21N5O3S. The van der Waals surface area contributed by atoms with Crippen LogP contribution in [0.1, 0.15) is 13.8 Å². The highest BCUT2D eigenvalue weighted by Gasteiger charge is 2.13. The molecule has 130 valence electrons. The van der Waals surface area contributed by atoms with Crippen LogP contribution in [-0.4, -0.2) is 46.1 Å². The maximum absolute atomic E-state index is 12.2. The van der Waals surface area contributed by atoms with Crippen LogP contribution in [0, 0.1) is 5.92 Å². The SMILES string of the molecule is COc1ccc(NC(=O)CSc2nnnn2CC(C)C)c(OC)c1. The molecule has 0 bridgehead atoms. The van der Waals surface area contributed by atoms with Crippen LogP contribution in [0.5, 0.6) is 11.5 Å². The number of methoxy groups -OCH3 is 2. The van der Waals surface area contributed by atoms with E-state index in [-0.39, 0.29) is 11.7 Å². The van der Waals surface area contributed by atoms with Crippen molar-refractivity contribution in [2.75, 3.05) is 25.3 Å². The van der Waals surface area contributed by atoms with E-state index >= 15 is 0 Å². The molecule has 1 amide bonds. The minimum Gasteiger partial charge on any atom is -0.497 e. The summed E-state index contributed by atoms with van der Waals surface area (Å²) in [5.41, 5.74) is 0.589. The van der Waals surface area contributed by atoms with E-state index in [1.807, 2.05) is 0 Å². The number of nitrogens with one attached hydrogen (secondary N) is 1. The minimum atomic E-state index is -0.164. The monoisotopic (exact) mass is 351 g/mol. The molecule has 0 atom stereocenters. The molecular weight excluding hydrogens is 330 g/mol. The topological polar surface area (TPSA) is 91.2 Å². The summed E-state index contributed by atoms with van der Waals surface area (Å²) in [7, 11) is 3.12. The Kier molecular flexibility index (Phi) is 6.42. The number of anilines is 1. The van der Waals surface area contributed by atoms with Crippen LogP contribution in [0.2, 0.25) is 0 Å². The van der Waals surface area contributed by atoms with Gasteiger partial charge < -0.3 is 14.8 Å². The number of hydrogen-bond acceptors (Lipinski definition) is 7. The van der Waals surface area contributed by atoms with Crippen LogP contribution in [-0.2, 0) is 11.3 Å². The molecule has 0 saturated heterocycles. The molecule has 1 N–H and O–H groups in total. The summed E-state index contributed by atoms with van der Waals surface area (Å²) in [5.74, 6) is 1.66. The fraction of sp³-hybridized carbons (Fsp3) is 0.467. The van der Waals surface area contributed by atoms with Gasteiger partial charge in [-0.05, 0) is 28.5 Å². The van der Waals surface area contributed by atoms with E-state index in [9.17, 15) is 4.79 Å². The summed E-state index contributed by atoms with van der Waals surface area (Å²) in [5, 5.41) is 15.0. The first kappa shape index (κ1) is 18.1. The quantitative estimate of drug-likeness (QED) is 0.728. The summed E-state index contributed by atoms with van der Waals surface area (Å²) >= 11 is 1.29. The second-order valence-electron chi connectivity index (χ2n) is 5.44. The number of carbonyl (C=O) groups excluding carboxylic acids is 1. The van der Waals surface area contributed by atoms with Crippen molar-refractivity contribution in [3.05, 3.63) is 18.2 Å². The van der Waals surface area contributed by atoms with Crippen LogP contribution in [0.15, 0.2) is 23.4 Å². The average Bonchev–Trinajstić information content (AvgIpc) is 2.99. The summed E-state index contributed by atoms with van der Waals surface area (Å²) in [6, 6.07) is 5.21. The number of nitrogens with zero attached hydrogens (tertiary/aromatic N) is 4. The van der Waals surface area contributed by atoms with Gasteiger partial charge in [-0.1, -0.05) is 25.6 Å². The van der Waals surface area contributed by atoms with E-state index in [0.29, 0.717) is 34.8 Å². The Hall–Kier alpha value is -2.29. The van der Waals surface area contributed by atoms with Crippen molar-refractivity contribution in [1.29, 1.82) is 0 Å². The van der Waals surface area contributed by atoms with Crippen molar-refractivity contribution in [2.45, 2.75) is 25.5 Å². The fourth-order valence-corrected chi connectivity index (χ4v) is 2.67. The van der Waals surface area contributed by atoms with E-state index in [1.54, 1.807) is 37.1 Å². The standard InChI is InChI=1S/C15H21N5O3S/c1-10(2)8-20-15(17-18-19-20)24-9-14(21)16-12-6-5-11(22-3)7-13(12)23-4/h5-7,10H,8-9H2,1-4H3,(H,16,21). The van der Waals surface area contributed by atoms with Gasteiger partial charge in [0, 0.05) is 12.6 Å². The van der Waals surface area contributed by atoms with Crippen molar-refractivity contribution >= 4 is 23.4 Å². The van der Waals surface area contributed by atoms with Gasteiger partial charge in [-0.2, -0.15) is 0 Å². The number of rotatable bonds is 8. The van der Waals surface area contributed by atoms with E-state index < -0.39 is 0 Å². The van der Waals surface area contributed by atoms with Crippen molar-refractivity contribution in [1.82, 2.24) is 20.2 Å². The van der Waals surface area contributed by atoms with Crippen LogP contribution >= 0.6 is 11.8 Å². The summed E-state index contributed by atoms with van der Waals surface area (Å²) in [6.45, 7) is 4.88. The van der Waals surface area contributed by atoms with Crippen LogP contribution < -0.4 is 14.8 Å². The molecule has 0 saturated carbocycles. The first-order valence-electron chi connectivity index (χ1n) is 7.44. The molecule has 0 unspecified atom stereocenters. The van der Waals surface area contributed by atoms with Crippen LogP contribution in [0.25, 0.3) is 0 Å². The number of amides is 1. The highest BCUT2D eigenvalue weighted by molar-refractivity contribution is 7.99. The Bertz CT molecular complexity index is 689. The Morgan fingerprint density at radius 1 is 1.33 bits per heavy atom. The predicted octanol–water partition coefficient (Wildman–Crippen LogP) is 2.08. The molecule has 0 radical (unpaired) electrons. The number of thioether (sulfide) groups is 1. The molecule has 1 heterocycles. The van der Waals surface area contributed by atoms with Gasteiger partial charge in [-0.3, -0.25) is 4.79 Å². The Morgan fingerprint density at radius 2 is 2.12 bits per heavy atom. The smallest absolute Gasteiger partial charge is 0.234 e. The third-order valence-electron chi connectivity index (χ3n) is 3.05. The molecule has 1 aromatic carbocycles. The number of aromatic nitrogens is 4. The molecule has 0 aliphatic rings.